The molecular weight excluding hydrogens is 226 g/mol. The maximum Gasteiger partial charge on any atom is 0.163 e. The van der Waals surface area contributed by atoms with E-state index in [2.05, 4.69) is 4.98 Å². The number of carbonyl (C=O) groups excluding carboxylic acids is 1. The number of pyridine rings is 1. The number of rotatable bonds is 5. The standard InChI is InChI=1S/C15H15NO2/c1-18-14-5-3-13(4-6-14)15(17)7-2-12-8-10-16-11-9-12/h3-6,8-11H,2,7H2,1H3. The van der Waals surface area contributed by atoms with E-state index in [0.29, 0.717) is 6.42 Å². The van der Waals surface area contributed by atoms with Crippen molar-refractivity contribution in [2.75, 3.05) is 7.11 Å². The highest BCUT2D eigenvalue weighted by Gasteiger charge is 2.06. The van der Waals surface area contributed by atoms with E-state index in [-0.39, 0.29) is 5.78 Å². The summed E-state index contributed by atoms with van der Waals surface area (Å²) in [7, 11) is 1.61. The normalized spacial score (nSPS) is 10.1. The zero-order valence-electron chi connectivity index (χ0n) is 10.3. The minimum absolute atomic E-state index is 0.148. The first-order valence-corrected chi connectivity index (χ1v) is 5.86. The Morgan fingerprint density at radius 1 is 1.11 bits per heavy atom. The molecule has 18 heavy (non-hydrogen) atoms. The zero-order chi connectivity index (χ0) is 12.8. The third-order valence-corrected chi connectivity index (χ3v) is 2.80. The lowest BCUT2D eigenvalue weighted by Gasteiger charge is -2.03. The van der Waals surface area contributed by atoms with Crippen LogP contribution in [0.15, 0.2) is 48.8 Å². The van der Waals surface area contributed by atoms with Gasteiger partial charge in [-0.25, -0.2) is 0 Å². The van der Waals surface area contributed by atoms with Crippen LogP contribution in [0.1, 0.15) is 22.3 Å². The second-order valence-electron chi connectivity index (χ2n) is 4.01. The van der Waals surface area contributed by atoms with Crippen LogP contribution in [0.4, 0.5) is 0 Å². The topological polar surface area (TPSA) is 39.2 Å². The van der Waals surface area contributed by atoms with Gasteiger partial charge in [-0.1, -0.05) is 0 Å². The average molecular weight is 241 g/mol. The molecule has 3 nitrogen and oxygen atoms in total. The Morgan fingerprint density at radius 3 is 2.39 bits per heavy atom. The van der Waals surface area contributed by atoms with Crippen molar-refractivity contribution in [1.82, 2.24) is 4.98 Å². The maximum atomic E-state index is 12.0. The van der Waals surface area contributed by atoms with Crippen LogP contribution in [-0.4, -0.2) is 17.9 Å². The molecule has 0 saturated heterocycles. The Bertz CT molecular complexity index is 506. The van der Waals surface area contributed by atoms with Crippen LogP contribution in [0, 0.1) is 0 Å². The largest absolute Gasteiger partial charge is 0.497 e. The summed E-state index contributed by atoms with van der Waals surface area (Å²) in [6.45, 7) is 0. The number of benzene rings is 1. The van der Waals surface area contributed by atoms with Gasteiger partial charge in [0.05, 0.1) is 7.11 Å². The van der Waals surface area contributed by atoms with Crippen molar-refractivity contribution in [2.45, 2.75) is 12.8 Å². The molecule has 0 N–H and O–H groups in total. The van der Waals surface area contributed by atoms with Crippen LogP contribution in [0.25, 0.3) is 0 Å². The smallest absolute Gasteiger partial charge is 0.163 e. The summed E-state index contributed by atoms with van der Waals surface area (Å²) in [6, 6.07) is 11.1. The van der Waals surface area contributed by atoms with Gasteiger partial charge in [0.15, 0.2) is 5.78 Å². The van der Waals surface area contributed by atoms with Crippen LogP contribution < -0.4 is 4.74 Å². The monoisotopic (exact) mass is 241 g/mol. The van der Waals surface area contributed by atoms with E-state index in [1.54, 1.807) is 43.8 Å². The van der Waals surface area contributed by atoms with Gasteiger partial charge < -0.3 is 4.74 Å². The summed E-state index contributed by atoms with van der Waals surface area (Å²) in [6.07, 6.45) is 4.74. The molecule has 0 fully saturated rings. The first kappa shape index (κ1) is 12.3. The molecule has 0 spiro atoms. The second kappa shape index (κ2) is 5.96. The molecule has 1 aromatic heterocycles. The zero-order valence-corrected chi connectivity index (χ0v) is 10.3. The molecule has 0 atom stereocenters. The molecule has 0 aliphatic heterocycles. The third kappa shape index (κ3) is 3.17. The summed E-state index contributed by atoms with van der Waals surface area (Å²) < 4.78 is 5.06. The molecule has 0 bridgehead atoms. The number of aromatic nitrogens is 1. The van der Waals surface area contributed by atoms with Crippen molar-refractivity contribution >= 4 is 5.78 Å². The first-order chi connectivity index (χ1) is 8.79. The van der Waals surface area contributed by atoms with Crippen LogP contribution in [0.2, 0.25) is 0 Å². The van der Waals surface area contributed by atoms with Crippen molar-refractivity contribution in [3.8, 4) is 5.75 Å². The van der Waals surface area contributed by atoms with Crippen molar-refractivity contribution in [2.24, 2.45) is 0 Å². The maximum absolute atomic E-state index is 12.0. The molecule has 92 valence electrons. The lowest BCUT2D eigenvalue weighted by Crippen LogP contribution is -2.01. The van der Waals surface area contributed by atoms with Gasteiger partial charge in [0, 0.05) is 24.4 Å². The quantitative estimate of drug-likeness (QED) is 0.755. The van der Waals surface area contributed by atoms with E-state index in [4.69, 9.17) is 4.74 Å². The molecule has 3 heteroatoms. The number of hydrogen-bond acceptors (Lipinski definition) is 3. The van der Waals surface area contributed by atoms with E-state index in [1.165, 1.54) is 0 Å². The summed E-state index contributed by atoms with van der Waals surface area (Å²) in [4.78, 5) is 15.9. The van der Waals surface area contributed by atoms with Gasteiger partial charge >= 0.3 is 0 Å². The van der Waals surface area contributed by atoms with Crippen molar-refractivity contribution in [3.63, 3.8) is 0 Å². The minimum atomic E-state index is 0.148. The highest BCUT2D eigenvalue weighted by Crippen LogP contribution is 2.13. The average Bonchev–Trinajstić information content (AvgIpc) is 2.46. The van der Waals surface area contributed by atoms with Gasteiger partial charge in [-0.15, -0.1) is 0 Å². The van der Waals surface area contributed by atoms with Gasteiger partial charge in [0.25, 0.3) is 0 Å². The Morgan fingerprint density at radius 2 is 1.78 bits per heavy atom. The molecule has 1 aromatic carbocycles. The third-order valence-electron chi connectivity index (χ3n) is 2.80. The van der Waals surface area contributed by atoms with E-state index in [0.717, 1.165) is 23.3 Å². The summed E-state index contributed by atoms with van der Waals surface area (Å²) in [5.74, 6) is 0.912. The fourth-order valence-electron chi connectivity index (χ4n) is 1.73. The molecule has 1 heterocycles. The van der Waals surface area contributed by atoms with Gasteiger partial charge in [-0.05, 0) is 48.4 Å². The Labute approximate surface area is 106 Å². The summed E-state index contributed by atoms with van der Waals surface area (Å²) >= 11 is 0. The fourth-order valence-corrected chi connectivity index (χ4v) is 1.73. The second-order valence-corrected chi connectivity index (χ2v) is 4.01. The molecular formula is C15H15NO2. The van der Waals surface area contributed by atoms with Crippen LogP contribution >= 0.6 is 0 Å². The van der Waals surface area contributed by atoms with E-state index in [9.17, 15) is 4.79 Å². The van der Waals surface area contributed by atoms with E-state index < -0.39 is 0 Å². The van der Waals surface area contributed by atoms with E-state index >= 15 is 0 Å². The molecule has 0 radical (unpaired) electrons. The van der Waals surface area contributed by atoms with Gasteiger partial charge in [0.2, 0.25) is 0 Å². The van der Waals surface area contributed by atoms with Crippen molar-refractivity contribution < 1.29 is 9.53 Å². The predicted molar refractivity (Wildman–Crippen MR) is 69.9 cm³/mol. The highest BCUT2D eigenvalue weighted by atomic mass is 16.5. The number of ketones is 1. The molecule has 2 rings (SSSR count). The summed E-state index contributed by atoms with van der Waals surface area (Å²) in [5, 5.41) is 0. The molecule has 2 aromatic rings. The number of aryl methyl sites for hydroxylation is 1. The first-order valence-electron chi connectivity index (χ1n) is 5.86. The molecule has 0 aliphatic rings. The minimum Gasteiger partial charge on any atom is -0.497 e. The number of ether oxygens (including phenoxy) is 1. The number of hydrogen-bond donors (Lipinski definition) is 0. The number of Topliss-reactive ketones (excluding diaryl/α,β-unsaturated/α-hetero) is 1. The van der Waals surface area contributed by atoms with Crippen LogP contribution in [0.5, 0.6) is 5.75 Å². The number of carbonyl (C=O) groups is 1. The van der Waals surface area contributed by atoms with E-state index in [1.807, 2.05) is 12.1 Å². The fraction of sp³-hybridized carbons (Fsp3) is 0.200. The highest BCUT2D eigenvalue weighted by molar-refractivity contribution is 5.96. The Kier molecular flexibility index (Phi) is 4.07. The lowest BCUT2D eigenvalue weighted by atomic mass is 10.0. The number of methoxy groups -OCH3 is 1. The molecule has 0 saturated carbocycles. The number of nitrogens with zero attached hydrogens (tertiary/aromatic N) is 1. The SMILES string of the molecule is COc1ccc(C(=O)CCc2ccncc2)cc1. The summed E-state index contributed by atoms with van der Waals surface area (Å²) in [5.41, 5.74) is 1.86. The molecule has 0 aliphatic carbocycles. The van der Waals surface area contributed by atoms with Crippen molar-refractivity contribution in [3.05, 3.63) is 59.9 Å². The Hall–Kier alpha value is -2.16. The lowest BCUT2D eigenvalue weighted by molar-refractivity contribution is 0.0983. The molecule has 0 amide bonds. The molecule has 0 unspecified atom stereocenters. The van der Waals surface area contributed by atoms with Gasteiger partial charge in [0.1, 0.15) is 5.75 Å². The predicted octanol–water partition coefficient (Wildman–Crippen LogP) is 2.91. The van der Waals surface area contributed by atoms with Gasteiger partial charge in [-0.2, -0.15) is 0 Å². The van der Waals surface area contributed by atoms with Crippen molar-refractivity contribution in [1.29, 1.82) is 0 Å². The van der Waals surface area contributed by atoms with Gasteiger partial charge in [-0.3, -0.25) is 9.78 Å². The van der Waals surface area contributed by atoms with Crippen LogP contribution in [0.3, 0.4) is 0 Å². The Balaban J connectivity index is 1.95. The van der Waals surface area contributed by atoms with Crippen LogP contribution in [-0.2, 0) is 6.42 Å².